The lowest BCUT2D eigenvalue weighted by Crippen LogP contribution is -2.32. The standard InChI is InChI=1S/C10H23N3O2S/c1-16(14,15)12-6-4-5-11-7-10-13-8-2-3-9-13/h11-12H,2-10H2,1H3. The smallest absolute Gasteiger partial charge is 0.208 e. The van der Waals surface area contributed by atoms with Crippen molar-refractivity contribution >= 4 is 10.0 Å². The van der Waals surface area contributed by atoms with Crippen LogP contribution in [-0.2, 0) is 10.0 Å². The fraction of sp³-hybridized carbons (Fsp3) is 1.00. The largest absolute Gasteiger partial charge is 0.315 e. The number of sulfonamides is 1. The SMILES string of the molecule is CS(=O)(=O)NCCCNCCN1CCCC1. The number of rotatable bonds is 8. The number of hydrogen-bond acceptors (Lipinski definition) is 4. The van der Waals surface area contributed by atoms with Gasteiger partial charge in [0, 0.05) is 19.6 Å². The fourth-order valence-electron chi connectivity index (χ4n) is 1.84. The molecular weight excluding hydrogens is 226 g/mol. The van der Waals surface area contributed by atoms with Crippen molar-refractivity contribution in [1.29, 1.82) is 0 Å². The molecule has 1 aliphatic rings. The Balaban J connectivity index is 1.84. The van der Waals surface area contributed by atoms with Crippen LogP contribution in [0.5, 0.6) is 0 Å². The van der Waals surface area contributed by atoms with Crippen molar-refractivity contribution in [1.82, 2.24) is 14.9 Å². The number of nitrogens with zero attached hydrogens (tertiary/aromatic N) is 1. The first-order chi connectivity index (χ1) is 7.58. The third kappa shape index (κ3) is 7.16. The molecule has 1 aliphatic heterocycles. The van der Waals surface area contributed by atoms with Crippen LogP contribution in [0.15, 0.2) is 0 Å². The Hall–Kier alpha value is -0.170. The minimum absolute atomic E-state index is 0.523. The van der Waals surface area contributed by atoms with Gasteiger partial charge in [0.15, 0.2) is 0 Å². The summed E-state index contributed by atoms with van der Waals surface area (Å²) in [6, 6.07) is 0. The Kier molecular flexibility index (Phi) is 6.26. The van der Waals surface area contributed by atoms with Crippen molar-refractivity contribution in [3.8, 4) is 0 Å². The molecule has 0 aliphatic carbocycles. The molecular formula is C10H23N3O2S. The maximum absolute atomic E-state index is 10.8. The summed E-state index contributed by atoms with van der Waals surface area (Å²) in [7, 11) is -3.02. The quantitative estimate of drug-likeness (QED) is 0.575. The van der Waals surface area contributed by atoms with Crippen molar-refractivity contribution in [3.63, 3.8) is 0 Å². The molecule has 1 rings (SSSR count). The zero-order valence-corrected chi connectivity index (χ0v) is 10.9. The van der Waals surface area contributed by atoms with E-state index in [0.29, 0.717) is 6.54 Å². The highest BCUT2D eigenvalue weighted by atomic mass is 32.2. The maximum Gasteiger partial charge on any atom is 0.208 e. The van der Waals surface area contributed by atoms with Crippen molar-refractivity contribution in [2.24, 2.45) is 0 Å². The van der Waals surface area contributed by atoms with E-state index in [1.165, 1.54) is 32.2 Å². The highest BCUT2D eigenvalue weighted by molar-refractivity contribution is 7.88. The van der Waals surface area contributed by atoms with Crippen LogP contribution >= 0.6 is 0 Å². The molecule has 0 bridgehead atoms. The average molecular weight is 249 g/mol. The minimum atomic E-state index is -3.02. The molecule has 1 fully saturated rings. The molecule has 0 saturated carbocycles. The van der Waals surface area contributed by atoms with E-state index in [1.54, 1.807) is 0 Å². The molecule has 0 spiro atoms. The lowest BCUT2D eigenvalue weighted by molar-refractivity contribution is 0.336. The molecule has 0 amide bonds. The van der Waals surface area contributed by atoms with E-state index in [9.17, 15) is 8.42 Å². The molecule has 1 saturated heterocycles. The summed E-state index contributed by atoms with van der Waals surface area (Å²) in [6.07, 6.45) is 4.69. The second kappa shape index (κ2) is 7.21. The van der Waals surface area contributed by atoms with Crippen LogP contribution in [0.4, 0.5) is 0 Å². The molecule has 2 N–H and O–H groups in total. The highest BCUT2D eigenvalue weighted by Crippen LogP contribution is 2.05. The van der Waals surface area contributed by atoms with Crippen LogP contribution in [0.3, 0.4) is 0 Å². The lowest BCUT2D eigenvalue weighted by atomic mass is 10.4. The first kappa shape index (κ1) is 13.9. The van der Waals surface area contributed by atoms with Gasteiger partial charge in [-0.25, -0.2) is 13.1 Å². The zero-order chi connectivity index (χ0) is 11.9. The van der Waals surface area contributed by atoms with Crippen LogP contribution in [-0.4, -0.2) is 58.8 Å². The van der Waals surface area contributed by atoms with Gasteiger partial charge < -0.3 is 10.2 Å². The molecule has 0 unspecified atom stereocenters. The zero-order valence-electron chi connectivity index (χ0n) is 10.0. The number of hydrogen-bond donors (Lipinski definition) is 2. The summed E-state index contributed by atoms with van der Waals surface area (Å²) >= 11 is 0. The van der Waals surface area contributed by atoms with E-state index in [2.05, 4.69) is 14.9 Å². The minimum Gasteiger partial charge on any atom is -0.315 e. The predicted molar refractivity (Wildman–Crippen MR) is 66.0 cm³/mol. The summed E-state index contributed by atoms with van der Waals surface area (Å²) in [5.41, 5.74) is 0. The van der Waals surface area contributed by atoms with E-state index >= 15 is 0 Å². The topological polar surface area (TPSA) is 61.4 Å². The normalized spacial score (nSPS) is 18.1. The molecule has 96 valence electrons. The number of likely N-dealkylation sites (tertiary alicyclic amines) is 1. The molecule has 6 heteroatoms. The average Bonchev–Trinajstić information content (AvgIpc) is 2.67. The molecule has 0 atom stereocenters. The molecule has 0 radical (unpaired) electrons. The first-order valence-corrected chi connectivity index (χ1v) is 7.85. The van der Waals surface area contributed by atoms with Crippen molar-refractivity contribution in [2.45, 2.75) is 19.3 Å². The van der Waals surface area contributed by atoms with Crippen LogP contribution in [0.1, 0.15) is 19.3 Å². The van der Waals surface area contributed by atoms with Gasteiger partial charge >= 0.3 is 0 Å². The monoisotopic (exact) mass is 249 g/mol. The summed E-state index contributed by atoms with van der Waals surface area (Å²) < 4.78 is 24.0. The fourth-order valence-corrected chi connectivity index (χ4v) is 2.35. The Labute approximate surface area is 98.6 Å². The van der Waals surface area contributed by atoms with Gasteiger partial charge in [-0.05, 0) is 38.9 Å². The first-order valence-electron chi connectivity index (χ1n) is 5.96. The van der Waals surface area contributed by atoms with E-state index in [4.69, 9.17) is 0 Å². The second-order valence-electron chi connectivity index (χ2n) is 4.32. The molecule has 5 nitrogen and oxygen atoms in total. The summed E-state index contributed by atoms with van der Waals surface area (Å²) in [5.74, 6) is 0. The van der Waals surface area contributed by atoms with Gasteiger partial charge in [-0.15, -0.1) is 0 Å². The predicted octanol–water partition coefficient (Wildman–Crippen LogP) is -0.389. The molecule has 0 aromatic carbocycles. The Morgan fingerprint density at radius 3 is 2.44 bits per heavy atom. The van der Waals surface area contributed by atoms with Gasteiger partial charge in [0.25, 0.3) is 0 Å². The van der Waals surface area contributed by atoms with Gasteiger partial charge in [0.2, 0.25) is 10.0 Å². The molecule has 0 aromatic heterocycles. The highest BCUT2D eigenvalue weighted by Gasteiger charge is 2.09. The van der Waals surface area contributed by atoms with Gasteiger partial charge in [-0.2, -0.15) is 0 Å². The number of nitrogens with one attached hydrogen (secondary N) is 2. The Morgan fingerprint density at radius 1 is 1.12 bits per heavy atom. The van der Waals surface area contributed by atoms with Crippen LogP contribution < -0.4 is 10.0 Å². The van der Waals surface area contributed by atoms with E-state index in [-0.39, 0.29) is 0 Å². The Bertz CT molecular complexity index is 274. The van der Waals surface area contributed by atoms with E-state index in [1.807, 2.05) is 0 Å². The van der Waals surface area contributed by atoms with Crippen molar-refractivity contribution in [3.05, 3.63) is 0 Å². The van der Waals surface area contributed by atoms with Crippen LogP contribution in [0, 0.1) is 0 Å². The maximum atomic E-state index is 10.8. The summed E-state index contributed by atoms with van der Waals surface area (Å²) in [5, 5.41) is 3.32. The van der Waals surface area contributed by atoms with Crippen LogP contribution in [0.25, 0.3) is 0 Å². The third-order valence-corrected chi connectivity index (χ3v) is 3.43. The van der Waals surface area contributed by atoms with Gasteiger partial charge in [0.1, 0.15) is 0 Å². The molecule has 1 heterocycles. The summed E-state index contributed by atoms with van der Waals surface area (Å²) in [4.78, 5) is 2.46. The van der Waals surface area contributed by atoms with Gasteiger partial charge in [0.05, 0.1) is 6.26 Å². The lowest BCUT2D eigenvalue weighted by Gasteiger charge is -2.14. The van der Waals surface area contributed by atoms with Crippen molar-refractivity contribution in [2.75, 3.05) is 45.5 Å². The molecule has 16 heavy (non-hydrogen) atoms. The van der Waals surface area contributed by atoms with Gasteiger partial charge in [-0.3, -0.25) is 0 Å². The third-order valence-electron chi connectivity index (χ3n) is 2.70. The van der Waals surface area contributed by atoms with Gasteiger partial charge in [-0.1, -0.05) is 0 Å². The Morgan fingerprint density at radius 2 is 1.81 bits per heavy atom. The second-order valence-corrected chi connectivity index (χ2v) is 6.15. The summed E-state index contributed by atoms with van der Waals surface area (Å²) in [6.45, 7) is 5.97. The van der Waals surface area contributed by atoms with Crippen molar-refractivity contribution < 1.29 is 8.42 Å². The molecule has 0 aromatic rings. The van der Waals surface area contributed by atoms with E-state index in [0.717, 1.165) is 26.1 Å². The van der Waals surface area contributed by atoms with E-state index < -0.39 is 10.0 Å². The van der Waals surface area contributed by atoms with Crippen LogP contribution in [0.2, 0.25) is 0 Å².